The number of nitrogens with two attached hydrogens (primary N) is 1. The molecule has 4 rings (SSSR count). The molecule has 9 nitrogen and oxygen atoms in total. The summed E-state index contributed by atoms with van der Waals surface area (Å²) in [5, 5.41) is 2.87. The van der Waals surface area contributed by atoms with Crippen molar-refractivity contribution in [3.05, 3.63) is 48.4 Å². The number of carbonyl (C=O) groups excluding carboxylic acids is 3. The topological polar surface area (TPSA) is 122 Å². The highest BCUT2D eigenvalue weighted by molar-refractivity contribution is 6.22. The summed E-state index contributed by atoms with van der Waals surface area (Å²) in [6.45, 7) is 1.96. The summed E-state index contributed by atoms with van der Waals surface area (Å²) in [5.41, 5.74) is 7.19. The van der Waals surface area contributed by atoms with E-state index in [-0.39, 0.29) is 35.0 Å². The number of imide groups is 1. The van der Waals surface area contributed by atoms with Crippen LogP contribution in [0.15, 0.2) is 42.9 Å². The molecule has 1 saturated carbocycles. The Balaban J connectivity index is 1.57. The van der Waals surface area contributed by atoms with Crippen LogP contribution in [0, 0.1) is 11.8 Å². The van der Waals surface area contributed by atoms with E-state index < -0.39 is 23.9 Å². The summed E-state index contributed by atoms with van der Waals surface area (Å²) in [4.78, 5) is 50.9. The Hall–Kier alpha value is -2.91. The number of likely N-dealkylation sites (N-methyl/N-ethyl adjacent to an activating group) is 1. The molecule has 4 amide bonds. The molecule has 3 heterocycles. The van der Waals surface area contributed by atoms with E-state index in [9.17, 15) is 14.4 Å². The van der Waals surface area contributed by atoms with Gasteiger partial charge in [-0.05, 0) is 67.9 Å². The lowest BCUT2D eigenvalue weighted by Gasteiger charge is -2.46. The van der Waals surface area contributed by atoms with Crippen LogP contribution in [0.3, 0.4) is 0 Å². The van der Waals surface area contributed by atoms with E-state index in [4.69, 9.17) is 28.9 Å². The first kappa shape index (κ1) is 27.1. The zero-order valence-corrected chi connectivity index (χ0v) is 22.4. The number of rotatable bonds is 7. The highest BCUT2D eigenvalue weighted by Gasteiger charge is 2.55. The summed E-state index contributed by atoms with van der Waals surface area (Å²) in [6, 6.07) is 4.98. The molecule has 2 aromatic rings. The SMILES string of the molecule is CC[C@@H](NC(=O)N1C(=O)C(Cc2ccnc(N)c2)[C@H]1C(=O)N(C)c1ccncc1)C1CC(Cl)CCC1Cl. The largest absolute Gasteiger partial charge is 0.384 e. The molecule has 6 atom stereocenters. The molecule has 2 aromatic heterocycles. The molecule has 3 N–H and O–H groups in total. The van der Waals surface area contributed by atoms with E-state index >= 15 is 0 Å². The summed E-state index contributed by atoms with van der Waals surface area (Å²) in [5.74, 6) is -1.19. The first-order valence-corrected chi connectivity index (χ1v) is 13.4. The van der Waals surface area contributed by atoms with Crippen molar-refractivity contribution in [2.24, 2.45) is 11.8 Å². The molecule has 37 heavy (non-hydrogen) atoms. The number of pyridine rings is 2. The third kappa shape index (κ3) is 5.83. The Morgan fingerprint density at radius 1 is 1.22 bits per heavy atom. The number of carbonyl (C=O) groups is 3. The molecule has 4 unspecified atom stereocenters. The van der Waals surface area contributed by atoms with Crippen molar-refractivity contribution in [1.29, 1.82) is 0 Å². The van der Waals surface area contributed by atoms with Gasteiger partial charge in [0.25, 0.3) is 5.91 Å². The van der Waals surface area contributed by atoms with Gasteiger partial charge in [0.2, 0.25) is 5.91 Å². The van der Waals surface area contributed by atoms with E-state index in [1.807, 2.05) is 6.92 Å². The number of likely N-dealkylation sites (tertiary alicyclic amines) is 1. The zero-order valence-electron chi connectivity index (χ0n) is 20.9. The summed E-state index contributed by atoms with van der Waals surface area (Å²) in [7, 11) is 1.62. The van der Waals surface area contributed by atoms with E-state index in [0.29, 0.717) is 24.3 Å². The Kier molecular flexibility index (Phi) is 8.54. The summed E-state index contributed by atoms with van der Waals surface area (Å²) in [6.07, 6.45) is 7.88. The lowest BCUT2D eigenvalue weighted by atomic mass is 9.81. The fourth-order valence-electron chi connectivity index (χ4n) is 5.30. The van der Waals surface area contributed by atoms with Gasteiger partial charge >= 0.3 is 6.03 Å². The van der Waals surface area contributed by atoms with Crippen molar-refractivity contribution in [3.8, 4) is 0 Å². The molecule has 0 radical (unpaired) electrons. The third-order valence-electron chi connectivity index (χ3n) is 7.38. The molecule has 11 heteroatoms. The molecule has 1 saturated heterocycles. The quantitative estimate of drug-likeness (QED) is 0.404. The number of halogens is 2. The third-order valence-corrected chi connectivity index (χ3v) is 8.32. The lowest BCUT2D eigenvalue weighted by Crippen LogP contribution is -2.71. The van der Waals surface area contributed by atoms with Crippen LogP contribution >= 0.6 is 23.2 Å². The number of amides is 4. The standard InChI is InChI=1S/C26H32Cl2N6O3/c1-3-21(18-14-16(27)4-5-20(18)28)32-26(37)34-23(25(36)33(2)17-7-9-30-10-8-17)19(24(34)35)12-15-6-11-31-22(29)13-15/h6-11,13,16,18-21,23H,3-5,12,14H2,1-2H3,(H2,29,31)(H,32,37)/t16?,18?,19?,20?,21-,23+/m1/s1. The lowest BCUT2D eigenvalue weighted by molar-refractivity contribution is -0.156. The Morgan fingerprint density at radius 2 is 1.95 bits per heavy atom. The van der Waals surface area contributed by atoms with E-state index in [1.165, 1.54) is 4.90 Å². The maximum absolute atomic E-state index is 13.7. The average Bonchev–Trinajstić information content (AvgIpc) is 2.89. The molecular formula is C26H32Cl2N6O3. The molecule has 1 aliphatic heterocycles. The van der Waals surface area contributed by atoms with Gasteiger partial charge in [-0.1, -0.05) is 6.92 Å². The first-order valence-electron chi connectivity index (χ1n) is 12.5. The van der Waals surface area contributed by atoms with Gasteiger partial charge in [0.15, 0.2) is 0 Å². The van der Waals surface area contributed by atoms with Crippen LogP contribution in [0.5, 0.6) is 0 Å². The highest BCUT2D eigenvalue weighted by Crippen LogP contribution is 2.36. The zero-order chi connectivity index (χ0) is 26.7. The maximum Gasteiger partial charge on any atom is 0.325 e. The van der Waals surface area contributed by atoms with Crippen molar-refractivity contribution in [1.82, 2.24) is 20.2 Å². The molecule has 0 aromatic carbocycles. The summed E-state index contributed by atoms with van der Waals surface area (Å²) < 4.78 is 0. The number of hydrogen-bond donors (Lipinski definition) is 2. The molecule has 0 spiro atoms. The number of anilines is 2. The smallest absolute Gasteiger partial charge is 0.325 e. The van der Waals surface area contributed by atoms with Crippen molar-refractivity contribution in [2.75, 3.05) is 17.7 Å². The van der Waals surface area contributed by atoms with Crippen molar-refractivity contribution in [2.45, 2.75) is 61.9 Å². The molecular weight excluding hydrogens is 515 g/mol. The van der Waals surface area contributed by atoms with Gasteiger partial charge in [0.05, 0.1) is 5.92 Å². The number of nitrogens with one attached hydrogen (secondary N) is 1. The van der Waals surface area contributed by atoms with Crippen molar-refractivity contribution in [3.63, 3.8) is 0 Å². The molecule has 2 fully saturated rings. The number of nitrogens with zero attached hydrogens (tertiary/aromatic N) is 4. The van der Waals surface area contributed by atoms with Crippen molar-refractivity contribution >= 4 is 52.6 Å². The number of urea groups is 1. The van der Waals surface area contributed by atoms with Crippen LogP contribution in [0.4, 0.5) is 16.3 Å². The number of hydrogen-bond acceptors (Lipinski definition) is 6. The highest BCUT2D eigenvalue weighted by atomic mass is 35.5. The molecule has 2 aliphatic rings. The van der Waals surface area contributed by atoms with Gasteiger partial charge in [-0.15, -0.1) is 23.2 Å². The van der Waals surface area contributed by atoms with Crippen LogP contribution in [-0.4, -0.2) is 62.6 Å². The second-order valence-electron chi connectivity index (χ2n) is 9.71. The second kappa shape index (κ2) is 11.6. The first-order chi connectivity index (χ1) is 17.7. The number of aromatic nitrogens is 2. The Morgan fingerprint density at radius 3 is 2.62 bits per heavy atom. The second-order valence-corrected chi connectivity index (χ2v) is 10.9. The molecule has 0 bridgehead atoms. The van der Waals surface area contributed by atoms with Crippen LogP contribution in [0.2, 0.25) is 0 Å². The van der Waals surface area contributed by atoms with E-state index in [2.05, 4.69) is 15.3 Å². The fraction of sp³-hybridized carbons (Fsp3) is 0.500. The Labute approximate surface area is 226 Å². The minimum absolute atomic E-state index is 0.00268. The minimum atomic E-state index is -0.975. The predicted octanol–water partition coefficient (Wildman–Crippen LogP) is 3.59. The fourth-order valence-corrected chi connectivity index (χ4v) is 6.03. The monoisotopic (exact) mass is 546 g/mol. The Bertz CT molecular complexity index is 1140. The summed E-state index contributed by atoms with van der Waals surface area (Å²) >= 11 is 13.0. The predicted molar refractivity (Wildman–Crippen MR) is 143 cm³/mol. The van der Waals surface area contributed by atoms with E-state index in [0.717, 1.165) is 23.3 Å². The number of nitrogen functional groups attached to an aromatic ring is 1. The van der Waals surface area contributed by atoms with Crippen LogP contribution in [-0.2, 0) is 16.0 Å². The number of alkyl halides is 2. The molecule has 198 valence electrons. The normalized spacial score (nSPS) is 26.2. The van der Waals surface area contributed by atoms with Gasteiger partial charge in [-0.3, -0.25) is 19.5 Å². The van der Waals surface area contributed by atoms with Gasteiger partial charge in [-0.2, -0.15) is 0 Å². The average molecular weight is 547 g/mol. The van der Waals surface area contributed by atoms with E-state index in [1.54, 1.807) is 49.9 Å². The van der Waals surface area contributed by atoms with Gasteiger partial charge < -0.3 is 16.0 Å². The number of β-lactam (4-membered cyclic amide) rings is 1. The van der Waals surface area contributed by atoms with Gasteiger partial charge in [0.1, 0.15) is 11.9 Å². The molecule has 1 aliphatic carbocycles. The maximum atomic E-state index is 13.7. The van der Waals surface area contributed by atoms with Crippen LogP contribution in [0.1, 0.15) is 38.2 Å². The van der Waals surface area contributed by atoms with Crippen molar-refractivity contribution < 1.29 is 14.4 Å². The minimum Gasteiger partial charge on any atom is -0.384 e. The van der Waals surface area contributed by atoms with Gasteiger partial charge in [-0.25, -0.2) is 9.78 Å². The van der Waals surface area contributed by atoms with Crippen LogP contribution < -0.4 is 16.0 Å². The van der Waals surface area contributed by atoms with Gasteiger partial charge in [0, 0.05) is 48.1 Å². The van der Waals surface area contributed by atoms with Crippen LogP contribution in [0.25, 0.3) is 0 Å².